The van der Waals surface area contributed by atoms with Gasteiger partial charge in [-0.1, -0.05) is 30.3 Å². The van der Waals surface area contributed by atoms with Gasteiger partial charge in [0.1, 0.15) is 5.75 Å². The van der Waals surface area contributed by atoms with Crippen LogP contribution in [-0.2, 0) is 0 Å². The van der Waals surface area contributed by atoms with Crippen molar-refractivity contribution in [1.29, 1.82) is 0 Å². The molecule has 0 bridgehead atoms. The lowest BCUT2D eigenvalue weighted by Gasteiger charge is -2.07. The van der Waals surface area contributed by atoms with Gasteiger partial charge in [0.2, 0.25) is 11.0 Å². The number of hydrogen-bond acceptors (Lipinski definition) is 5. The van der Waals surface area contributed by atoms with Crippen molar-refractivity contribution in [2.45, 2.75) is 0 Å². The number of rotatable bonds is 4. The first-order valence-corrected chi connectivity index (χ1v) is 7.51. The predicted molar refractivity (Wildman–Crippen MR) is 84.9 cm³/mol. The molecule has 1 heterocycles. The number of halogens is 1. The van der Waals surface area contributed by atoms with Gasteiger partial charge in [0.05, 0.1) is 7.11 Å². The molecule has 0 aliphatic heterocycles. The molecule has 3 aromatic rings. The molecule has 1 aromatic heterocycles. The van der Waals surface area contributed by atoms with Gasteiger partial charge in [0.15, 0.2) is 0 Å². The zero-order chi connectivity index (χ0) is 16.2. The molecule has 0 fully saturated rings. The van der Waals surface area contributed by atoms with Crippen LogP contribution in [-0.4, -0.2) is 18.3 Å². The van der Waals surface area contributed by atoms with Crippen LogP contribution < -0.4 is 14.5 Å². The summed E-state index contributed by atoms with van der Waals surface area (Å²) in [5.41, 5.74) is 1.22. The molecule has 2 aromatic carbocycles. The van der Waals surface area contributed by atoms with E-state index in [1.807, 2.05) is 18.2 Å². The standard InChI is InChI=1S/C16H12BrN3O3/c1-22-13-9-7-12(8-10-13)20-14(17)16(23-19-20)18-15(21)11-5-3-2-4-6-11/h2-10H,1H3. The number of methoxy groups -OCH3 is 1. The van der Waals surface area contributed by atoms with Crippen LogP contribution in [0.2, 0.25) is 0 Å². The van der Waals surface area contributed by atoms with E-state index in [1.54, 1.807) is 43.5 Å². The number of benzene rings is 2. The lowest BCUT2D eigenvalue weighted by Crippen LogP contribution is -2.33. The number of ether oxygens (including phenoxy) is 1. The molecule has 0 radical (unpaired) electrons. The summed E-state index contributed by atoms with van der Waals surface area (Å²) in [7, 11) is 1.60. The first-order valence-electron chi connectivity index (χ1n) is 6.72. The van der Waals surface area contributed by atoms with Crippen LogP contribution in [0.25, 0.3) is 5.69 Å². The van der Waals surface area contributed by atoms with Crippen LogP contribution in [0.1, 0.15) is 5.56 Å². The summed E-state index contributed by atoms with van der Waals surface area (Å²) < 4.78 is 12.2. The lowest BCUT2D eigenvalue weighted by molar-refractivity contribution is -0.680. The molecule has 0 amide bonds. The molecule has 0 N–H and O–H groups in total. The normalized spacial score (nSPS) is 11.5. The Hall–Kier alpha value is -2.67. The maximum Gasteiger partial charge on any atom is 0.348 e. The van der Waals surface area contributed by atoms with Gasteiger partial charge < -0.3 is 9.84 Å². The summed E-state index contributed by atoms with van der Waals surface area (Å²) in [5, 5.41) is 16.0. The van der Waals surface area contributed by atoms with Crippen LogP contribution in [0.5, 0.6) is 5.75 Å². The van der Waals surface area contributed by atoms with E-state index in [9.17, 15) is 5.11 Å². The van der Waals surface area contributed by atoms with Crippen LogP contribution in [0.4, 0.5) is 5.88 Å². The fourth-order valence-electron chi connectivity index (χ4n) is 1.93. The number of hydrogen-bond donors (Lipinski definition) is 0. The lowest BCUT2D eigenvalue weighted by atomic mass is 10.2. The van der Waals surface area contributed by atoms with Crippen LogP contribution in [0.15, 0.2) is 68.7 Å². The van der Waals surface area contributed by atoms with E-state index in [-0.39, 0.29) is 5.88 Å². The molecule has 7 heteroatoms. The molecule has 0 unspecified atom stereocenters. The minimum Gasteiger partial charge on any atom is -0.858 e. The smallest absolute Gasteiger partial charge is 0.348 e. The van der Waals surface area contributed by atoms with Crippen molar-refractivity contribution in [2.75, 3.05) is 7.11 Å². The van der Waals surface area contributed by atoms with Crippen molar-refractivity contribution < 1.29 is 19.0 Å². The van der Waals surface area contributed by atoms with E-state index in [2.05, 4.69) is 26.2 Å². The molecule has 0 saturated heterocycles. The van der Waals surface area contributed by atoms with Crippen LogP contribution in [0.3, 0.4) is 0 Å². The molecule has 0 atom stereocenters. The average Bonchev–Trinajstić information content (AvgIpc) is 2.96. The minimum atomic E-state index is -0.399. The summed E-state index contributed by atoms with van der Waals surface area (Å²) in [5.74, 6) is 0.442. The van der Waals surface area contributed by atoms with Crippen molar-refractivity contribution >= 4 is 27.7 Å². The molecule has 0 aliphatic rings. The monoisotopic (exact) mass is 373 g/mol. The Kier molecular flexibility index (Phi) is 4.38. The molecule has 23 heavy (non-hydrogen) atoms. The topological polar surface area (TPSA) is 74.6 Å². The average molecular weight is 374 g/mol. The summed E-state index contributed by atoms with van der Waals surface area (Å²) >= 11 is 3.35. The number of nitrogens with zero attached hydrogens (tertiary/aromatic N) is 3. The van der Waals surface area contributed by atoms with Crippen molar-refractivity contribution in [3.8, 4) is 11.4 Å². The number of aromatic nitrogens is 2. The van der Waals surface area contributed by atoms with Crippen molar-refractivity contribution in [1.82, 2.24) is 5.27 Å². The van der Waals surface area contributed by atoms with Crippen LogP contribution in [0, 0.1) is 0 Å². The molecule has 0 spiro atoms. The van der Waals surface area contributed by atoms with Crippen molar-refractivity contribution in [2.24, 2.45) is 4.99 Å². The van der Waals surface area contributed by atoms with E-state index in [0.29, 0.717) is 10.2 Å². The van der Waals surface area contributed by atoms with Gasteiger partial charge in [-0.25, -0.2) is 4.99 Å². The maximum absolute atomic E-state index is 12.1. The van der Waals surface area contributed by atoms with Gasteiger partial charge in [-0.15, -0.1) is 0 Å². The second-order valence-electron chi connectivity index (χ2n) is 4.56. The summed E-state index contributed by atoms with van der Waals surface area (Å²) in [6.45, 7) is 0. The summed E-state index contributed by atoms with van der Waals surface area (Å²) in [6, 6.07) is 16.0. The Morgan fingerprint density at radius 2 is 1.87 bits per heavy atom. The highest BCUT2D eigenvalue weighted by Crippen LogP contribution is 2.23. The van der Waals surface area contributed by atoms with E-state index in [0.717, 1.165) is 11.4 Å². The third kappa shape index (κ3) is 3.24. The predicted octanol–water partition coefficient (Wildman–Crippen LogP) is 2.16. The Balaban J connectivity index is 1.92. The highest BCUT2D eigenvalue weighted by atomic mass is 79.9. The molecular formula is C16H12BrN3O3. The Labute approximate surface area is 140 Å². The quantitative estimate of drug-likeness (QED) is 0.399. The second-order valence-corrected chi connectivity index (χ2v) is 5.31. The maximum atomic E-state index is 12.1. The second kappa shape index (κ2) is 6.62. The fraction of sp³-hybridized carbons (Fsp3) is 0.0625. The van der Waals surface area contributed by atoms with Gasteiger partial charge in [-0.2, -0.15) is 0 Å². The van der Waals surface area contributed by atoms with Gasteiger partial charge in [-0.05, 0) is 23.6 Å². The van der Waals surface area contributed by atoms with E-state index < -0.39 is 5.90 Å². The Bertz CT molecular complexity index is 830. The largest absolute Gasteiger partial charge is 0.858 e. The molecule has 6 nitrogen and oxygen atoms in total. The fourth-order valence-corrected chi connectivity index (χ4v) is 2.36. The zero-order valence-corrected chi connectivity index (χ0v) is 13.7. The van der Waals surface area contributed by atoms with E-state index >= 15 is 0 Å². The first-order chi connectivity index (χ1) is 11.2. The Morgan fingerprint density at radius 1 is 1.17 bits per heavy atom. The van der Waals surface area contributed by atoms with E-state index in [1.165, 1.54) is 4.68 Å². The van der Waals surface area contributed by atoms with Crippen molar-refractivity contribution in [3.63, 3.8) is 0 Å². The zero-order valence-electron chi connectivity index (χ0n) is 12.1. The van der Waals surface area contributed by atoms with Crippen LogP contribution >= 0.6 is 15.9 Å². The summed E-state index contributed by atoms with van der Waals surface area (Å²) in [4.78, 5) is 3.95. The molecular weight excluding hydrogens is 362 g/mol. The molecule has 3 rings (SSSR count). The van der Waals surface area contributed by atoms with E-state index in [4.69, 9.17) is 9.26 Å². The number of aliphatic imine (C=N–C) groups is 1. The molecule has 116 valence electrons. The summed E-state index contributed by atoms with van der Waals surface area (Å²) in [6.07, 6.45) is 0. The third-order valence-corrected chi connectivity index (χ3v) is 3.79. The highest BCUT2D eigenvalue weighted by Gasteiger charge is 2.24. The van der Waals surface area contributed by atoms with Gasteiger partial charge in [0.25, 0.3) is 0 Å². The van der Waals surface area contributed by atoms with Gasteiger partial charge in [-0.3, -0.25) is 4.52 Å². The molecule has 0 saturated carbocycles. The SMILES string of the molecule is COc1ccc(-[n+]2noc(/N=C(\[O-])c3ccccc3)c2Br)cc1. The molecule has 0 aliphatic carbocycles. The third-order valence-electron chi connectivity index (χ3n) is 3.11. The van der Waals surface area contributed by atoms with Gasteiger partial charge in [0, 0.05) is 32.7 Å². The Morgan fingerprint density at radius 3 is 2.52 bits per heavy atom. The minimum absolute atomic E-state index is 0.106. The van der Waals surface area contributed by atoms with Gasteiger partial charge >= 0.3 is 10.5 Å². The highest BCUT2D eigenvalue weighted by molar-refractivity contribution is 9.10. The first kappa shape index (κ1) is 15.2. The van der Waals surface area contributed by atoms with Crippen molar-refractivity contribution in [3.05, 3.63) is 64.8 Å².